The molecule has 26 heavy (non-hydrogen) atoms. The van der Waals surface area contributed by atoms with Crippen molar-refractivity contribution in [2.75, 3.05) is 6.54 Å². The fourth-order valence-corrected chi connectivity index (χ4v) is 3.26. The number of hydrogen-bond donors (Lipinski definition) is 1. The van der Waals surface area contributed by atoms with Crippen LogP contribution in [-0.4, -0.2) is 25.7 Å². The van der Waals surface area contributed by atoms with Crippen LogP contribution in [-0.2, 0) is 10.0 Å². The van der Waals surface area contributed by atoms with Crippen LogP contribution in [0.3, 0.4) is 0 Å². The zero-order valence-electron chi connectivity index (χ0n) is 14.1. The van der Waals surface area contributed by atoms with E-state index >= 15 is 0 Å². The Labute approximate surface area is 151 Å². The first-order chi connectivity index (χ1) is 12.3. The molecule has 2 aromatic carbocycles. The first-order valence-corrected chi connectivity index (χ1v) is 9.38. The van der Waals surface area contributed by atoms with Crippen LogP contribution < -0.4 is 4.72 Å². The number of non-ortho nitro benzene ring substituents is 1. The largest absolute Gasteiger partial charge is 0.289 e. The second-order valence-corrected chi connectivity index (χ2v) is 7.24. The monoisotopic (exact) mass is 374 g/mol. The summed E-state index contributed by atoms with van der Waals surface area (Å²) in [5, 5.41) is 10.8. The Bertz CT molecular complexity index is 934. The Kier molecular flexibility index (Phi) is 6.37. The van der Waals surface area contributed by atoms with Gasteiger partial charge in [0.25, 0.3) is 5.69 Å². The number of benzene rings is 2. The van der Waals surface area contributed by atoms with Crippen LogP contribution in [0.2, 0.25) is 0 Å². The summed E-state index contributed by atoms with van der Waals surface area (Å²) in [7, 11) is -3.58. The molecule has 0 saturated carbocycles. The summed E-state index contributed by atoms with van der Waals surface area (Å²) in [6.07, 6.45) is 3.44. The van der Waals surface area contributed by atoms with Crippen molar-refractivity contribution in [3.63, 3.8) is 0 Å². The Morgan fingerprint density at radius 1 is 1.19 bits per heavy atom. The Morgan fingerprint density at radius 2 is 1.88 bits per heavy atom. The molecule has 0 aliphatic rings. The summed E-state index contributed by atoms with van der Waals surface area (Å²) in [5.41, 5.74) is 0.783. The summed E-state index contributed by atoms with van der Waals surface area (Å²) in [4.78, 5) is 22.5. The minimum Gasteiger partial charge on any atom is -0.289 e. The van der Waals surface area contributed by atoms with Crippen LogP contribution in [0, 0.1) is 10.1 Å². The highest BCUT2D eigenvalue weighted by molar-refractivity contribution is 7.89. The van der Waals surface area contributed by atoms with Crippen molar-refractivity contribution in [1.29, 1.82) is 0 Å². The van der Waals surface area contributed by atoms with E-state index in [9.17, 15) is 23.3 Å². The Morgan fingerprint density at radius 3 is 2.50 bits per heavy atom. The highest BCUT2D eigenvalue weighted by Crippen LogP contribution is 2.15. The second kappa shape index (κ2) is 8.50. The average molecular weight is 374 g/mol. The average Bonchev–Trinajstić information content (AvgIpc) is 2.64. The van der Waals surface area contributed by atoms with Gasteiger partial charge in [-0.1, -0.05) is 25.1 Å². The van der Waals surface area contributed by atoms with Gasteiger partial charge in [-0.05, 0) is 42.3 Å². The van der Waals surface area contributed by atoms with Crippen molar-refractivity contribution >= 4 is 27.6 Å². The quantitative estimate of drug-likeness (QED) is 0.330. The van der Waals surface area contributed by atoms with E-state index < -0.39 is 14.9 Å². The van der Waals surface area contributed by atoms with Crippen LogP contribution in [0.25, 0.3) is 6.08 Å². The van der Waals surface area contributed by atoms with Crippen LogP contribution in [0.5, 0.6) is 0 Å². The number of carbonyl (C=O) groups is 1. The molecule has 2 aromatic rings. The molecule has 0 spiro atoms. The number of ketones is 1. The van der Waals surface area contributed by atoms with Gasteiger partial charge < -0.3 is 0 Å². The van der Waals surface area contributed by atoms with E-state index in [-0.39, 0.29) is 16.4 Å². The lowest BCUT2D eigenvalue weighted by molar-refractivity contribution is -0.384. The predicted molar refractivity (Wildman–Crippen MR) is 98.4 cm³/mol. The maximum atomic E-state index is 12.2. The third-order valence-corrected chi connectivity index (χ3v) is 4.98. The number of hydrogen-bond acceptors (Lipinski definition) is 5. The highest BCUT2D eigenvalue weighted by Gasteiger charge is 2.13. The maximum Gasteiger partial charge on any atom is 0.270 e. The molecule has 0 aromatic heterocycles. The summed E-state index contributed by atoms with van der Waals surface area (Å²) >= 11 is 0. The van der Waals surface area contributed by atoms with Gasteiger partial charge in [-0.25, -0.2) is 13.1 Å². The number of sulfonamides is 1. The van der Waals surface area contributed by atoms with Gasteiger partial charge in [0.05, 0.1) is 9.82 Å². The van der Waals surface area contributed by atoms with Crippen molar-refractivity contribution < 1.29 is 18.1 Å². The maximum absolute atomic E-state index is 12.2. The number of nitro groups is 1. The third kappa shape index (κ3) is 5.08. The third-order valence-electron chi connectivity index (χ3n) is 3.50. The Balaban J connectivity index is 2.13. The molecule has 136 valence electrons. The molecule has 0 bridgehead atoms. The molecule has 0 heterocycles. The SMILES string of the molecule is CCCNS(=O)(=O)c1ccc(C(=O)/C=C/c2cccc([N+](=O)[O-])c2)cc1. The molecule has 0 aliphatic heterocycles. The predicted octanol–water partition coefficient (Wildman–Crippen LogP) is 3.18. The van der Waals surface area contributed by atoms with Crippen molar-refractivity contribution in [2.24, 2.45) is 0 Å². The number of nitrogens with zero attached hydrogens (tertiary/aromatic N) is 1. The van der Waals surface area contributed by atoms with Gasteiger partial charge in [0.1, 0.15) is 0 Å². The van der Waals surface area contributed by atoms with Crippen LogP contribution in [0.15, 0.2) is 59.5 Å². The molecule has 1 N–H and O–H groups in total. The molecule has 8 heteroatoms. The van der Waals surface area contributed by atoms with Crippen molar-refractivity contribution in [3.8, 4) is 0 Å². The molecule has 0 amide bonds. The number of rotatable bonds is 8. The summed E-state index contributed by atoms with van der Waals surface area (Å²) in [5.74, 6) is -0.332. The van der Waals surface area contributed by atoms with Crippen molar-refractivity contribution in [2.45, 2.75) is 18.2 Å². The first-order valence-electron chi connectivity index (χ1n) is 7.90. The van der Waals surface area contributed by atoms with Crippen molar-refractivity contribution in [3.05, 3.63) is 75.8 Å². The number of nitro benzene ring substituents is 1. The topological polar surface area (TPSA) is 106 Å². The van der Waals surface area contributed by atoms with Gasteiger partial charge in [-0.3, -0.25) is 14.9 Å². The molecule has 0 atom stereocenters. The summed E-state index contributed by atoms with van der Waals surface area (Å²) in [6.45, 7) is 2.20. The van der Waals surface area contributed by atoms with E-state index in [1.807, 2.05) is 6.92 Å². The number of carbonyl (C=O) groups excluding carboxylic acids is 1. The highest BCUT2D eigenvalue weighted by atomic mass is 32.2. The van der Waals surface area contributed by atoms with Gasteiger partial charge >= 0.3 is 0 Å². The summed E-state index contributed by atoms with van der Waals surface area (Å²) in [6, 6.07) is 11.5. The molecule has 0 aliphatic carbocycles. The van der Waals surface area contributed by atoms with Gasteiger partial charge in [-0.2, -0.15) is 0 Å². The molecule has 7 nitrogen and oxygen atoms in total. The first kappa shape index (κ1) is 19.5. The van der Waals surface area contributed by atoms with Gasteiger partial charge in [0.2, 0.25) is 10.0 Å². The van der Waals surface area contributed by atoms with Crippen LogP contribution in [0.4, 0.5) is 5.69 Å². The lowest BCUT2D eigenvalue weighted by Crippen LogP contribution is -2.24. The van der Waals surface area contributed by atoms with Crippen LogP contribution >= 0.6 is 0 Å². The molecular weight excluding hydrogens is 356 g/mol. The molecule has 0 unspecified atom stereocenters. The van der Waals surface area contributed by atoms with E-state index in [1.54, 1.807) is 6.07 Å². The van der Waals surface area contributed by atoms with Crippen LogP contribution in [0.1, 0.15) is 29.3 Å². The molecule has 0 saturated heterocycles. The van der Waals surface area contributed by atoms with E-state index in [2.05, 4.69) is 4.72 Å². The number of allylic oxidation sites excluding steroid dienone is 1. The fourth-order valence-electron chi connectivity index (χ4n) is 2.13. The minimum atomic E-state index is -3.58. The number of nitrogens with one attached hydrogen (secondary N) is 1. The Hall–Kier alpha value is -2.84. The molecule has 0 fully saturated rings. The standard InChI is InChI=1S/C18H18N2O5S/c1-2-12-19-26(24,25)17-9-7-15(8-10-17)18(21)11-6-14-4-3-5-16(13-14)20(22)23/h3-11,13,19H,2,12H2,1H3/b11-6+. The normalized spacial score (nSPS) is 11.6. The zero-order chi connectivity index (χ0) is 19.2. The van der Waals surface area contributed by atoms with E-state index in [0.717, 1.165) is 0 Å². The van der Waals surface area contributed by atoms with Gasteiger partial charge in [-0.15, -0.1) is 0 Å². The van der Waals surface area contributed by atoms with Crippen molar-refractivity contribution in [1.82, 2.24) is 4.72 Å². The molecular formula is C18H18N2O5S. The van der Waals surface area contributed by atoms with Gasteiger partial charge in [0, 0.05) is 24.2 Å². The van der Waals surface area contributed by atoms with E-state index in [0.29, 0.717) is 24.1 Å². The van der Waals surface area contributed by atoms with E-state index in [4.69, 9.17) is 0 Å². The van der Waals surface area contributed by atoms with E-state index in [1.165, 1.54) is 54.6 Å². The second-order valence-electron chi connectivity index (χ2n) is 5.47. The smallest absolute Gasteiger partial charge is 0.270 e. The fraction of sp³-hybridized carbons (Fsp3) is 0.167. The summed E-state index contributed by atoms with van der Waals surface area (Å²) < 4.78 is 26.5. The lowest BCUT2D eigenvalue weighted by atomic mass is 10.1. The molecule has 2 rings (SSSR count). The zero-order valence-corrected chi connectivity index (χ0v) is 14.9. The minimum absolute atomic E-state index is 0.0614. The lowest BCUT2D eigenvalue weighted by Gasteiger charge is -2.05. The molecule has 0 radical (unpaired) electrons. The van der Waals surface area contributed by atoms with Gasteiger partial charge in [0.15, 0.2) is 5.78 Å².